The Morgan fingerprint density at radius 1 is 1.23 bits per heavy atom. The molecular weight excluding hydrogens is 282 g/mol. The minimum absolute atomic E-state index is 0.279. The van der Waals surface area contributed by atoms with Gasteiger partial charge >= 0.3 is 5.97 Å². The van der Waals surface area contributed by atoms with Crippen LogP contribution in [-0.4, -0.2) is 35.3 Å². The van der Waals surface area contributed by atoms with Crippen molar-refractivity contribution in [2.45, 2.75) is 19.4 Å². The van der Waals surface area contributed by atoms with Gasteiger partial charge in [-0.25, -0.2) is 4.79 Å². The normalized spacial score (nSPS) is 20.0. The second-order valence-electron chi connectivity index (χ2n) is 5.09. The fourth-order valence-corrected chi connectivity index (χ4v) is 2.72. The summed E-state index contributed by atoms with van der Waals surface area (Å²) in [6.07, 6.45) is 5.38. The zero-order chi connectivity index (χ0) is 15.7. The second-order valence-corrected chi connectivity index (χ2v) is 5.09. The van der Waals surface area contributed by atoms with Gasteiger partial charge in [-0.1, -0.05) is 30.4 Å². The average Bonchev–Trinajstić information content (AvgIpc) is 2.80. The van der Waals surface area contributed by atoms with Gasteiger partial charge in [-0.3, -0.25) is 14.5 Å². The van der Waals surface area contributed by atoms with Crippen LogP contribution >= 0.6 is 0 Å². The summed E-state index contributed by atoms with van der Waals surface area (Å²) >= 11 is 0. The third kappa shape index (κ3) is 2.24. The topological polar surface area (TPSA) is 63.7 Å². The largest absolute Gasteiger partial charge is 0.463 e. The van der Waals surface area contributed by atoms with Crippen LogP contribution in [0.1, 0.15) is 34.1 Å². The van der Waals surface area contributed by atoms with Gasteiger partial charge in [0.15, 0.2) is 0 Å². The van der Waals surface area contributed by atoms with E-state index in [2.05, 4.69) is 0 Å². The van der Waals surface area contributed by atoms with Crippen LogP contribution < -0.4 is 0 Å². The SMILES string of the molecule is CCOC(=O)C1=CC=C[C@@H](N2C(=O)c3ccccc3C2=O)C1. The van der Waals surface area contributed by atoms with E-state index in [1.807, 2.05) is 0 Å². The van der Waals surface area contributed by atoms with Gasteiger partial charge in [0.2, 0.25) is 0 Å². The Morgan fingerprint density at radius 2 is 1.86 bits per heavy atom. The van der Waals surface area contributed by atoms with Gasteiger partial charge in [-0.15, -0.1) is 0 Å². The number of esters is 1. The number of benzene rings is 1. The van der Waals surface area contributed by atoms with Crippen LogP contribution in [0.25, 0.3) is 0 Å². The molecule has 1 aromatic carbocycles. The molecule has 112 valence electrons. The Kier molecular flexibility index (Phi) is 3.63. The second kappa shape index (κ2) is 5.60. The fourth-order valence-electron chi connectivity index (χ4n) is 2.72. The number of carbonyl (C=O) groups is 3. The van der Waals surface area contributed by atoms with E-state index >= 15 is 0 Å². The Bertz CT molecular complexity index is 682. The van der Waals surface area contributed by atoms with Gasteiger partial charge in [-0.05, 0) is 19.1 Å². The van der Waals surface area contributed by atoms with E-state index in [-0.39, 0.29) is 24.8 Å². The molecule has 5 heteroatoms. The zero-order valence-corrected chi connectivity index (χ0v) is 12.1. The lowest BCUT2D eigenvalue weighted by atomic mass is 9.99. The number of hydrogen-bond acceptors (Lipinski definition) is 4. The Morgan fingerprint density at radius 3 is 2.45 bits per heavy atom. The molecule has 0 spiro atoms. The predicted molar refractivity (Wildman–Crippen MR) is 79.2 cm³/mol. The highest BCUT2D eigenvalue weighted by Crippen LogP contribution is 2.28. The smallest absolute Gasteiger partial charge is 0.334 e. The molecule has 0 bridgehead atoms. The lowest BCUT2D eigenvalue weighted by Crippen LogP contribution is -2.40. The number of hydrogen-bond donors (Lipinski definition) is 0. The van der Waals surface area contributed by atoms with Gasteiger partial charge < -0.3 is 4.74 Å². The highest BCUT2D eigenvalue weighted by molar-refractivity contribution is 6.21. The quantitative estimate of drug-likeness (QED) is 0.633. The summed E-state index contributed by atoms with van der Waals surface area (Å²) in [5.74, 6) is -1.05. The fraction of sp³-hybridized carbons (Fsp3) is 0.235. The molecule has 1 atom stereocenters. The summed E-state index contributed by atoms with van der Waals surface area (Å²) in [7, 11) is 0. The number of imide groups is 1. The molecule has 0 radical (unpaired) electrons. The standard InChI is InChI=1S/C17H15NO4/c1-2-22-17(21)11-6-5-7-12(10-11)18-15(19)13-8-3-4-9-14(13)16(18)20/h3-9,12H,2,10H2,1H3/t12-/m1/s1. The average molecular weight is 297 g/mol. The molecule has 22 heavy (non-hydrogen) atoms. The lowest BCUT2D eigenvalue weighted by Gasteiger charge is -2.25. The van der Waals surface area contributed by atoms with Crippen molar-refractivity contribution < 1.29 is 19.1 Å². The van der Waals surface area contributed by atoms with E-state index in [4.69, 9.17) is 4.74 Å². The van der Waals surface area contributed by atoms with Crippen LogP contribution in [0.3, 0.4) is 0 Å². The van der Waals surface area contributed by atoms with Crippen molar-refractivity contribution in [2.75, 3.05) is 6.61 Å². The van der Waals surface area contributed by atoms with Crippen LogP contribution in [0, 0.1) is 0 Å². The number of fused-ring (bicyclic) bond motifs is 1. The van der Waals surface area contributed by atoms with E-state index in [1.54, 1.807) is 49.4 Å². The van der Waals surface area contributed by atoms with Crippen LogP contribution in [0.4, 0.5) is 0 Å². The number of allylic oxidation sites excluding steroid dienone is 2. The molecule has 2 aliphatic rings. The van der Waals surface area contributed by atoms with Crippen molar-refractivity contribution in [2.24, 2.45) is 0 Å². The number of amides is 2. The minimum atomic E-state index is -0.461. The molecule has 1 aliphatic carbocycles. The monoisotopic (exact) mass is 297 g/mol. The molecule has 0 unspecified atom stereocenters. The molecule has 0 fully saturated rings. The van der Waals surface area contributed by atoms with Gasteiger partial charge in [-0.2, -0.15) is 0 Å². The molecule has 0 saturated carbocycles. The van der Waals surface area contributed by atoms with Crippen LogP contribution in [-0.2, 0) is 9.53 Å². The van der Waals surface area contributed by atoms with Crippen LogP contribution in [0.2, 0.25) is 0 Å². The van der Waals surface area contributed by atoms with Gasteiger partial charge in [0.05, 0.1) is 23.8 Å². The van der Waals surface area contributed by atoms with E-state index in [9.17, 15) is 14.4 Å². The zero-order valence-electron chi connectivity index (χ0n) is 12.1. The summed E-state index contributed by atoms with van der Waals surface area (Å²) in [5.41, 5.74) is 1.28. The summed E-state index contributed by atoms with van der Waals surface area (Å²) < 4.78 is 4.98. The maximum Gasteiger partial charge on any atom is 0.334 e. The molecule has 0 saturated heterocycles. The van der Waals surface area contributed by atoms with Crippen LogP contribution in [0.15, 0.2) is 48.1 Å². The number of nitrogens with zero attached hydrogens (tertiary/aromatic N) is 1. The maximum absolute atomic E-state index is 12.4. The summed E-state index contributed by atoms with van der Waals surface area (Å²) in [6, 6.07) is 6.29. The number of rotatable bonds is 3. The third-order valence-electron chi connectivity index (χ3n) is 3.75. The number of carbonyl (C=O) groups excluding carboxylic acids is 3. The van der Waals surface area contributed by atoms with Gasteiger partial charge in [0.1, 0.15) is 0 Å². The highest BCUT2D eigenvalue weighted by Gasteiger charge is 2.39. The predicted octanol–water partition coefficient (Wildman–Crippen LogP) is 2.10. The first-order chi connectivity index (χ1) is 10.6. The van der Waals surface area contributed by atoms with Crippen molar-refractivity contribution in [1.82, 2.24) is 4.90 Å². The van der Waals surface area contributed by atoms with Crippen molar-refractivity contribution in [3.05, 3.63) is 59.2 Å². The van der Waals surface area contributed by atoms with Crippen molar-refractivity contribution in [1.29, 1.82) is 0 Å². The van der Waals surface area contributed by atoms with Crippen molar-refractivity contribution >= 4 is 17.8 Å². The molecule has 1 aliphatic heterocycles. The van der Waals surface area contributed by atoms with E-state index in [0.29, 0.717) is 16.7 Å². The summed E-state index contributed by atoms with van der Waals surface area (Å²) in [5, 5.41) is 0. The first-order valence-electron chi connectivity index (χ1n) is 7.15. The summed E-state index contributed by atoms with van der Waals surface area (Å²) in [6.45, 7) is 2.02. The van der Waals surface area contributed by atoms with Crippen molar-refractivity contribution in [3.8, 4) is 0 Å². The lowest BCUT2D eigenvalue weighted by molar-refractivity contribution is -0.138. The molecule has 1 aromatic rings. The first-order valence-corrected chi connectivity index (χ1v) is 7.15. The third-order valence-corrected chi connectivity index (χ3v) is 3.75. The highest BCUT2D eigenvalue weighted by atomic mass is 16.5. The molecule has 5 nitrogen and oxygen atoms in total. The Labute approximate surface area is 127 Å². The van der Waals surface area contributed by atoms with E-state index in [1.165, 1.54) is 4.90 Å². The number of ether oxygens (including phenoxy) is 1. The minimum Gasteiger partial charge on any atom is -0.463 e. The van der Waals surface area contributed by atoms with Gasteiger partial charge in [0, 0.05) is 12.0 Å². The van der Waals surface area contributed by atoms with E-state index in [0.717, 1.165) is 0 Å². The molecule has 2 amide bonds. The molecule has 0 N–H and O–H groups in total. The Hall–Kier alpha value is -2.69. The van der Waals surface area contributed by atoms with Gasteiger partial charge in [0.25, 0.3) is 11.8 Å². The molecule has 1 heterocycles. The van der Waals surface area contributed by atoms with Crippen LogP contribution in [0.5, 0.6) is 0 Å². The summed E-state index contributed by atoms with van der Waals surface area (Å²) in [4.78, 5) is 37.9. The van der Waals surface area contributed by atoms with Crippen molar-refractivity contribution in [3.63, 3.8) is 0 Å². The first kappa shape index (κ1) is 14.3. The Balaban J connectivity index is 1.84. The molecule has 3 rings (SSSR count). The maximum atomic E-state index is 12.4. The molecular formula is C17H15NO4. The van der Waals surface area contributed by atoms with E-state index < -0.39 is 12.0 Å². The molecule has 0 aromatic heterocycles.